The first-order valence-corrected chi connectivity index (χ1v) is 10.4. The molecule has 0 radical (unpaired) electrons. The minimum absolute atomic E-state index is 0.382. The maximum absolute atomic E-state index is 10.7. The lowest BCUT2D eigenvalue weighted by atomic mass is 10.1. The number of aliphatic hydroxyl groups is 1. The Bertz CT molecular complexity index is 730. The molecule has 0 bridgehead atoms. The predicted octanol–water partition coefficient (Wildman–Crippen LogP) is 2.65. The van der Waals surface area contributed by atoms with E-state index in [1.165, 1.54) is 0 Å². The van der Waals surface area contributed by atoms with Crippen LogP contribution in [0.3, 0.4) is 0 Å². The topological polar surface area (TPSA) is 69.1 Å². The van der Waals surface area contributed by atoms with Crippen molar-refractivity contribution < 1.29 is 9.84 Å². The molecule has 28 heavy (non-hydrogen) atoms. The lowest BCUT2D eigenvalue weighted by Crippen LogP contribution is -2.44. The van der Waals surface area contributed by atoms with E-state index in [4.69, 9.17) is 4.74 Å². The van der Waals surface area contributed by atoms with Crippen LogP contribution in [0.2, 0.25) is 0 Å². The van der Waals surface area contributed by atoms with Crippen LogP contribution in [0.25, 0.3) is 0 Å². The zero-order valence-electron chi connectivity index (χ0n) is 17.2. The van der Waals surface area contributed by atoms with Gasteiger partial charge in [-0.25, -0.2) is 4.99 Å². The van der Waals surface area contributed by atoms with Crippen LogP contribution in [0.1, 0.15) is 24.3 Å². The molecule has 2 aromatic rings. The molecule has 1 aromatic heterocycles. The van der Waals surface area contributed by atoms with Gasteiger partial charge >= 0.3 is 0 Å². The highest BCUT2D eigenvalue weighted by Crippen LogP contribution is 2.24. The molecule has 3 N–H and O–H groups in total. The smallest absolute Gasteiger partial charge is 0.191 e. The van der Waals surface area contributed by atoms with E-state index in [1.54, 1.807) is 11.3 Å². The molecule has 0 fully saturated rings. The van der Waals surface area contributed by atoms with Crippen molar-refractivity contribution in [3.63, 3.8) is 0 Å². The van der Waals surface area contributed by atoms with Crippen LogP contribution < -0.4 is 15.4 Å². The van der Waals surface area contributed by atoms with E-state index in [0.29, 0.717) is 25.7 Å². The quantitative estimate of drug-likeness (QED) is 0.420. The molecule has 0 spiro atoms. The summed E-state index contributed by atoms with van der Waals surface area (Å²) in [6.07, 6.45) is 0. The number of ether oxygens (including phenoxy) is 1. The van der Waals surface area contributed by atoms with Crippen molar-refractivity contribution in [2.24, 2.45) is 4.99 Å². The third-order valence-electron chi connectivity index (χ3n) is 4.12. The van der Waals surface area contributed by atoms with Crippen LogP contribution in [-0.4, -0.2) is 56.3 Å². The van der Waals surface area contributed by atoms with Gasteiger partial charge in [-0.2, -0.15) is 0 Å². The van der Waals surface area contributed by atoms with Gasteiger partial charge in [0.1, 0.15) is 18.0 Å². The van der Waals surface area contributed by atoms with Crippen LogP contribution in [0.5, 0.6) is 5.75 Å². The molecule has 2 rings (SSSR count). The minimum atomic E-state index is -0.940. The molecule has 0 aliphatic heterocycles. The van der Waals surface area contributed by atoms with Gasteiger partial charge in [-0.1, -0.05) is 18.2 Å². The van der Waals surface area contributed by atoms with Crippen molar-refractivity contribution >= 4 is 17.3 Å². The Kier molecular flexibility index (Phi) is 8.76. The number of nitrogens with one attached hydrogen (secondary N) is 2. The summed E-state index contributed by atoms with van der Waals surface area (Å²) in [4.78, 5) is 7.66. The summed E-state index contributed by atoms with van der Waals surface area (Å²) in [6.45, 7) is 7.02. The number of hydrogen-bond acceptors (Lipinski definition) is 5. The third-order valence-corrected chi connectivity index (χ3v) is 5.24. The largest absolute Gasteiger partial charge is 0.492 e. The fourth-order valence-electron chi connectivity index (χ4n) is 2.52. The molecule has 1 unspecified atom stereocenters. The molecule has 7 heteroatoms. The Morgan fingerprint density at radius 2 is 2.07 bits per heavy atom. The third kappa shape index (κ3) is 7.50. The van der Waals surface area contributed by atoms with Crippen molar-refractivity contribution in [3.8, 4) is 5.75 Å². The monoisotopic (exact) mass is 404 g/mol. The molecule has 1 atom stereocenters. The van der Waals surface area contributed by atoms with E-state index in [0.717, 1.165) is 29.3 Å². The van der Waals surface area contributed by atoms with E-state index < -0.39 is 5.60 Å². The average molecular weight is 405 g/mol. The Hall–Kier alpha value is -2.09. The number of rotatable bonds is 10. The summed E-state index contributed by atoms with van der Waals surface area (Å²) < 4.78 is 5.79. The highest BCUT2D eigenvalue weighted by atomic mass is 32.1. The maximum Gasteiger partial charge on any atom is 0.191 e. The van der Waals surface area contributed by atoms with Crippen molar-refractivity contribution in [1.29, 1.82) is 0 Å². The van der Waals surface area contributed by atoms with Crippen LogP contribution in [0.4, 0.5) is 0 Å². The Morgan fingerprint density at radius 1 is 1.25 bits per heavy atom. The molecule has 0 aliphatic carbocycles. The van der Waals surface area contributed by atoms with E-state index in [2.05, 4.69) is 20.5 Å². The van der Waals surface area contributed by atoms with Crippen molar-refractivity contribution in [2.45, 2.75) is 26.0 Å². The van der Waals surface area contributed by atoms with Gasteiger partial charge in [0.2, 0.25) is 0 Å². The van der Waals surface area contributed by atoms with Gasteiger partial charge < -0.3 is 25.4 Å². The highest BCUT2D eigenvalue weighted by Gasteiger charge is 2.24. The minimum Gasteiger partial charge on any atom is -0.492 e. The summed E-state index contributed by atoms with van der Waals surface area (Å²) >= 11 is 1.55. The van der Waals surface area contributed by atoms with E-state index >= 15 is 0 Å². The number of thiophene rings is 1. The van der Waals surface area contributed by atoms with Crippen LogP contribution in [-0.2, 0) is 12.1 Å². The molecule has 6 nitrogen and oxygen atoms in total. The number of hydrogen-bond donors (Lipinski definition) is 3. The van der Waals surface area contributed by atoms with Crippen molar-refractivity contribution in [2.75, 3.05) is 40.3 Å². The van der Waals surface area contributed by atoms with Crippen LogP contribution in [0, 0.1) is 0 Å². The average Bonchev–Trinajstić information content (AvgIpc) is 3.20. The zero-order chi connectivity index (χ0) is 20.4. The maximum atomic E-state index is 10.7. The number of guanidine groups is 1. The van der Waals surface area contributed by atoms with Gasteiger partial charge in [0.05, 0.1) is 13.1 Å². The predicted molar refractivity (Wildman–Crippen MR) is 117 cm³/mol. The molecular formula is C21H32N4O2S. The van der Waals surface area contributed by atoms with Gasteiger partial charge in [-0.05, 0) is 57.1 Å². The molecule has 154 valence electrons. The molecular weight excluding hydrogens is 372 g/mol. The second kappa shape index (κ2) is 11.0. The number of likely N-dealkylation sites (N-methyl/N-ethyl adjacent to an activating group) is 1. The first kappa shape index (κ1) is 22.2. The molecule has 0 saturated heterocycles. The molecule has 1 heterocycles. The number of aliphatic imine (C=N–C) groups is 1. The molecule has 0 saturated carbocycles. The Morgan fingerprint density at radius 3 is 2.75 bits per heavy atom. The standard InChI is InChI=1S/C21H32N4O2S/c1-5-22-20(24-16-21(2,26)19-10-7-13-28-19)23-15-17-8-6-9-18(14-17)27-12-11-25(3)4/h6-10,13-14,26H,5,11-12,15-16H2,1-4H3,(H2,22,23,24). The first-order chi connectivity index (χ1) is 13.4. The summed E-state index contributed by atoms with van der Waals surface area (Å²) in [5, 5.41) is 19.1. The van der Waals surface area contributed by atoms with Gasteiger partial charge in [0, 0.05) is 18.0 Å². The van der Waals surface area contributed by atoms with Gasteiger partial charge in [-0.3, -0.25) is 0 Å². The highest BCUT2D eigenvalue weighted by molar-refractivity contribution is 7.10. The normalized spacial score (nSPS) is 14.0. The fourth-order valence-corrected chi connectivity index (χ4v) is 3.31. The van der Waals surface area contributed by atoms with Gasteiger partial charge in [0.15, 0.2) is 5.96 Å². The summed E-state index contributed by atoms with van der Waals surface area (Å²) in [7, 11) is 4.05. The number of nitrogens with zero attached hydrogens (tertiary/aromatic N) is 2. The second-order valence-corrected chi connectivity index (χ2v) is 8.05. The van der Waals surface area contributed by atoms with E-state index in [9.17, 15) is 5.11 Å². The van der Waals surface area contributed by atoms with E-state index in [-0.39, 0.29) is 0 Å². The summed E-state index contributed by atoms with van der Waals surface area (Å²) in [5.74, 6) is 1.53. The Balaban J connectivity index is 1.94. The second-order valence-electron chi connectivity index (χ2n) is 7.10. The van der Waals surface area contributed by atoms with Gasteiger partial charge in [-0.15, -0.1) is 11.3 Å². The van der Waals surface area contributed by atoms with Gasteiger partial charge in [0.25, 0.3) is 0 Å². The first-order valence-electron chi connectivity index (χ1n) is 9.55. The van der Waals surface area contributed by atoms with Crippen LogP contribution in [0.15, 0.2) is 46.8 Å². The molecule has 1 aromatic carbocycles. The molecule has 0 amide bonds. The lowest BCUT2D eigenvalue weighted by Gasteiger charge is -2.23. The fraction of sp³-hybridized carbons (Fsp3) is 0.476. The summed E-state index contributed by atoms with van der Waals surface area (Å²) in [5.41, 5.74) is 0.134. The number of benzene rings is 1. The van der Waals surface area contributed by atoms with E-state index in [1.807, 2.05) is 69.7 Å². The Labute approximate surface area is 172 Å². The molecule has 0 aliphatic rings. The zero-order valence-corrected chi connectivity index (χ0v) is 18.1. The van der Waals surface area contributed by atoms with Crippen LogP contribution >= 0.6 is 11.3 Å². The lowest BCUT2D eigenvalue weighted by molar-refractivity contribution is 0.0655. The summed E-state index contributed by atoms with van der Waals surface area (Å²) in [6, 6.07) is 11.9. The SMILES string of the molecule is CCNC(=NCc1cccc(OCCN(C)C)c1)NCC(C)(O)c1cccs1. The van der Waals surface area contributed by atoms with Crippen molar-refractivity contribution in [1.82, 2.24) is 15.5 Å². The van der Waals surface area contributed by atoms with Crippen molar-refractivity contribution in [3.05, 3.63) is 52.2 Å².